The van der Waals surface area contributed by atoms with Crippen LogP contribution in [0, 0.1) is 0 Å². The highest BCUT2D eigenvalue weighted by Gasteiger charge is 2.19. The molecule has 6 rings (SSSR count). The molecule has 0 atom stereocenters. The van der Waals surface area contributed by atoms with Gasteiger partial charge in [0.15, 0.2) is 5.82 Å². The van der Waals surface area contributed by atoms with Crippen molar-refractivity contribution in [3.63, 3.8) is 0 Å². The quantitative estimate of drug-likeness (QED) is 0.357. The van der Waals surface area contributed by atoms with Crippen LogP contribution >= 0.6 is 23.1 Å². The number of hydrogen-bond donors (Lipinski definition) is 0. The number of hydrogen-bond acceptors (Lipinski definition) is 8. The molecule has 0 aliphatic carbocycles. The van der Waals surface area contributed by atoms with Crippen molar-refractivity contribution in [3.8, 4) is 22.6 Å². The van der Waals surface area contributed by atoms with Crippen molar-refractivity contribution >= 4 is 39.1 Å². The molecule has 0 aliphatic heterocycles. The second-order valence-electron chi connectivity index (χ2n) is 6.62. The van der Waals surface area contributed by atoms with Gasteiger partial charge >= 0.3 is 0 Å². The lowest BCUT2D eigenvalue weighted by atomic mass is 10.1. The summed E-state index contributed by atoms with van der Waals surface area (Å²) in [5.41, 5.74) is 2.94. The molecule has 0 saturated heterocycles. The maximum atomic E-state index is 4.88. The third-order valence-corrected chi connectivity index (χ3v) is 6.38. The summed E-state index contributed by atoms with van der Waals surface area (Å²) in [5.74, 6) is 1.13. The fraction of sp³-hybridized carbons (Fsp3) is 0. The van der Waals surface area contributed by atoms with Crippen molar-refractivity contribution in [1.29, 1.82) is 0 Å². The number of benzene rings is 1. The van der Waals surface area contributed by atoms with Gasteiger partial charge in [-0.05, 0) is 35.5 Å². The minimum absolute atomic E-state index is 0.550. The molecule has 0 unspecified atom stereocenters. The third-order valence-electron chi connectivity index (χ3n) is 4.66. The minimum atomic E-state index is 0.550. The summed E-state index contributed by atoms with van der Waals surface area (Å²) < 4.78 is 1.66. The fourth-order valence-electron chi connectivity index (χ4n) is 3.27. The van der Waals surface area contributed by atoms with Crippen LogP contribution in [0.5, 0.6) is 0 Å². The molecule has 0 bridgehead atoms. The number of pyridine rings is 1. The molecule has 1 aromatic carbocycles. The molecule has 31 heavy (non-hydrogen) atoms. The first-order chi connectivity index (χ1) is 15.3. The average molecular weight is 440 g/mol. The second kappa shape index (κ2) is 7.53. The smallest absolute Gasteiger partial charge is 0.253 e. The summed E-state index contributed by atoms with van der Waals surface area (Å²) in [6, 6.07) is 17.8. The predicted octanol–water partition coefficient (Wildman–Crippen LogP) is 5.01. The zero-order chi connectivity index (χ0) is 20.6. The molecular weight excluding hydrogens is 426 g/mol. The Hall–Kier alpha value is -3.69. The van der Waals surface area contributed by atoms with Gasteiger partial charge in [-0.15, -0.1) is 16.4 Å². The van der Waals surface area contributed by atoms with E-state index in [0.29, 0.717) is 16.8 Å². The van der Waals surface area contributed by atoms with Gasteiger partial charge in [-0.25, -0.2) is 19.5 Å². The van der Waals surface area contributed by atoms with Crippen LogP contribution in [0.4, 0.5) is 0 Å². The number of rotatable bonds is 4. The highest BCUT2D eigenvalue weighted by Crippen LogP contribution is 2.40. The minimum Gasteiger partial charge on any atom is -0.253 e. The van der Waals surface area contributed by atoms with Crippen molar-refractivity contribution in [1.82, 2.24) is 34.5 Å². The lowest BCUT2D eigenvalue weighted by molar-refractivity contribution is 0.878. The Morgan fingerprint density at radius 1 is 0.839 bits per heavy atom. The maximum Gasteiger partial charge on any atom is 0.253 e. The first kappa shape index (κ1) is 18.1. The van der Waals surface area contributed by atoms with E-state index in [4.69, 9.17) is 9.97 Å². The van der Waals surface area contributed by atoms with Gasteiger partial charge in [-0.2, -0.15) is 4.98 Å². The van der Waals surface area contributed by atoms with E-state index in [-0.39, 0.29) is 0 Å². The first-order valence-electron chi connectivity index (χ1n) is 9.46. The number of aromatic nitrogens is 7. The van der Waals surface area contributed by atoms with Crippen LogP contribution in [-0.4, -0.2) is 34.5 Å². The standard InChI is InChI=1S/C22H13N7S2/c1-2-7-14(8-3-1)15-13-30-19-17(15)20(26-18(25-19)16-9-4-5-10-23-16)31-22-27-21-24-11-6-12-29(21)28-22/h1-13H. The number of thiophene rings is 1. The number of fused-ring (bicyclic) bond motifs is 2. The maximum absolute atomic E-state index is 4.88. The molecule has 5 heterocycles. The Labute approximate surface area is 184 Å². The summed E-state index contributed by atoms with van der Waals surface area (Å²) in [7, 11) is 0. The molecule has 0 N–H and O–H groups in total. The van der Waals surface area contributed by atoms with Gasteiger partial charge in [-0.3, -0.25) is 4.98 Å². The zero-order valence-corrected chi connectivity index (χ0v) is 17.6. The van der Waals surface area contributed by atoms with Gasteiger partial charge in [0.25, 0.3) is 5.78 Å². The van der Waals surface area contributed by atoms with Crippen LogP contribution in [0.3, 0.4) is 0 Å². The van der Waals surface area contributed by atoms with Crippen molar-refractivity contribution in [3.05, 3.63) is 78.6 Å². The highest BCUT2D eigenvalue weighted by molar-refractivity contribution is 7.99. The lowest BCUT2D eigenvalue weighted by Gasteiger charge is -2.06. The third kappa shape index (κ3) is 3.33. The first-order valence-corrected chi connectivity index (χ1v) is 11.2. The van der Waals surface area contributed by atoms with Crippen LogP contribution in [-0.2, 0) is 0 Å². The molecule has 0 spiro atoms. The van der Waals surface area contributed by atoms with Gasteiger partial charge in [-0.1, -0.05) is 36.4 Å². The molecular formula is C22H13N7S2. The fourth-order valence-corrected chi connectivity index (χ4v) is 5.15. The largest absolute Gasteiger partial charge is 0.253 e. The molecule has 148 valence electrons. The van der Waals surface area contributed by atoms with Crippen molar-refractivity contribution in [2.75, 3.05) is 0 Å². The van der Waals surface area contributed by atoms with E-state index in [2.05, 4.69) is 37.6 Å². The Morgan fingerprint density at radius 2 is 1.71 bits per heavy atom. The monoisotopic (exact) mass is 439 g/mol. The summed E-state index contributed by atoms with van der Waals surface area (Å²) in [5, 5.41) is 9.03. The van der Waals surface area contributed by atoms with Crippen molar-refractivity contribution in [2.24, 2.45) is 0 Å². The second-order valence-corrected chi connectivity index (χ2v) is 8.44. The summed E-state index contributed by atoms with van der Waals surface area (Å²) >= 11 is 3.01. The van der Waals surface area contributed by atoms with E-state index < -0.39 is 0 Å². The Morgan fingerprint density at radius 3 is 2.55 bits per heavy atom. The zero-order valence-electron chi connectivity index (χ0n) is 16.0. The highest BCUT2D eigenvalue weighted by atomic mass is 32.2. The van der Waals surface area contributed by atoms with Crippen molar-refractivity contribution < 1.29 is 0 Å². The summed E-state index contributed by atoms with van der Waals surface area (Å²) in [6.07, 6.45) is 5.27. The van der Waals surface area contributed by atoms with E-state index in [9.17, 15) is 0 Å². The molecule has 0 aliphatic rings. The molecule has 0 radical (unpaired) electrons. The normalized spacial score (nSPS) is 11.4. The SMILES string of the molecule is c1ccc(-c2csc3nc(-c4ccccn4)nc(Sc4nc5ncccn5n4)c23)cc1. The Bertz CT molecular complexity index is 1480. The Balaban J connectivity index is 1.56. The summed E-state index contributed by atoms with van der Waals surface area (Å²) in [4.78, 5) is 23.8. The Kier molecular flexibility index (Phi) is 4.40. The van der Waals surface area contributed by atoms with Gasteiger partial charge in [0.2, 0.25) is 5.16 Å². The van der Waals surface area contributed by atoms with Crippen LogP contribution in [0.25, 0.3) is 38.6 Å². The van der Waals surface area contributed by atoms with E-state index >= 15 is 0 Å². The summed E-state index contributed by atoms with van der Waals surface area (Å²) in [6.45, 7) is 0. The molecule has 0 saturated carbocycles. The molecule has 6 aromatic rings. The van der Waals surface area contributed by atoms with Crippen LogP contribution < -0.4 is 0 Å². The van der Waals surface area contributed by atoms with Crippen LogP contribution in [0.2, 0.25) is 0 Å². The van der Waals surface area contributed by atoms with Gasteiger partial charge in [0.1, 0.15) is 15.6 Å². The van der Waals surface area contributed by atoms with Crippen LogP contribution in [0.15, 0.2) is 88.8 Å². The van der Waals surface area contributed by atoms with E-state index in [1.165, 1.54) is 11.8 Å². The van der Waals surface area contributed by atoms with Gasteiger partial charge < -0.3 is 0 Å². The van der Waals surface area contributed by atoms with E-state index in [1.807, 2.05) is 48.7 Å². The number of nitrogens with zero attached hydrogens (tertiary/aromatic N) is 7. The molecule has 0 amide bonds. The lowest BCUT2D eigenvalue weighted by Crippen LogP contribution is -1.95. The van der Waals surface area contributed by atoms with E-state index in [1.54, 1.807) is 28.2 Å². The average Bonchev–Trinajstić information content (AvgIpc) is 3.44. The van der Waals surface area contributed by atoms with Gasteiger partial charge in [0, 0.05) is 29.5 Å². The molecule has 0 fully saturated rings. The molecule has 9 heteroatoms. The molecule has 5 aromatic heterocycles. The van der Waals surface area contributed by atoms with Gasteiger partial charge in [0.05, 0.1) is 5.39 Å². The molecule has 7 nitrogen and oxygen atoms in total. The van der Waals surface area contributed by atoms with E-state index in [0.717, 1.165) is 32.1 Å². The van der Waals surface area contributed by atoms with Crippen molar-refractivity contribution in [2.45, 2.75) is 10.2 Å². The predicted molar refractivity (Wildman–Crippen MR) is 121 cm³/mol. The topological polar surface area (TPSA) is 81.8 Å². The van der Waals surface area contributed by atoms with Crippen LogP contribution in [0.1, 0.15) is 0 Å².